The minimum Gasteiger partial charge on any atom is -0.350 e. The van der Waals surface area contributed by atoms with Crippen LogP contribution in [0.15, 0.2) is 12.3 Å². The molecule has 18 heavy (non-hydrogen) atoms. The molecule has 1 aliphatic rings. The van der Waals surface area contributed by atoms with Crippen molar-refractivity contribution < 1.29 is 4.79 Å². The molecule has 3 N–H and O–H groups in total. The molecule has 0 saturated heterocycles. The maximum absolute atomic E-state index is 12.1. The highest BCUT2D eigenvalue weighted by Crippen LogP contribution is 2.22. The van der Waals surface area contributed by atoms with Crippen molar-refractivity contribution in [3.05, 3.63) is 18.0 Å². The molecule has 0 spiro atoms. The molecule has 1 aromatic heterocycles. The molecule has 1 heterocycles. The molecule has 1 fully saturated rings. The van der Waals surface area contributed by atoms with Gasteiger partial charge < -0.3 is 11.1 Å². The molecule has 5 nitrogen and oxygen atoms in total. The van der Waals surface area contributed by atoms with Crippen molar-refractivity contribution in [2.75, 3.05) is 0 Å². The Bertz CT molecular complexity index is 401. The van der Waals surface area contributed by atoms with Gasteiger partial charge in [-0.2, -0.15) is 5.10 Å². The fraction of sp³-hybridized carbons (Fsp3) is 0.692. The molecule has 1 amide bonds. The van der Waals surface area contributed by atoms with Crippen molar-refractivity contribution in [3.8, 4) is 0 Å². The van der Waals surface area contributed by atoms with Gasteiger partial charge in [-0.25, -0.2) is 0 Å². The summed E-state index contributed by atoms with van der Waals surface area (Å²) in [6.45, 7) is 0.489. The van der Waals surface area contributed by atoms with Gasteiger partial charge in [0.05, 0.1) is 18.2 Å². The molecule has 2 rings (SSSR count). The summed E-state index contributed by atoms with van der Waals surface area (Å²) in [5.74, 6) is 0.0475. The van der Waals surface area contributed by atoms with E-state index < -0.39 is 0 Å². The van der Waals surface area contributed by atoms with Gasteiger partial charge in [-0.05, 0) is 18.9 Å². The zero-order valence-electron chi connectivity index (χ0n) is 10.9. The maximum atomic E-state index is 12.1. The third-order valence-electron chi connectivity index (χ3n) is 3.62. The van der Waals surface area contributed by atoms with Crippen molar-refractivity contribution >= 4 is 5.91 Å². The lowest BCUT2D eigenvalue weighted by molar-refractivity contribution is -0.126. The van der Waals surface area contributed by atoms with E-state index in [9.17, 15) is 4.79 Å². The lowest BCUT2D eigenvalue weighted by Crippen LogP contribution is -2.41. The summed E-state index contributed by atoms with van der Waals surface area (Å²) in [4.78, 5) is 12.1. The SMILES string of the molecule is Cn1ccc(CNC(=O)C2CCCCCC2N)n1. The average molecular weight is 250 g/mol. The van der Waals surface area contributed by atoms with Crippen LogP contribution < -0.4 is 11.1 Å². The van der Waals surface area contributed by atoms with E-state index in [-0.39, 0.29) is 17.9 Å². The first-order valence-corrected chi connectivity index (χ1v) is 6.68. The van der Waals surface area contributed by atoms with E-state index in [2.05, 4.69) is 10.4 Å². The van der Waals surface area contributed by atoms with E-state index in [0.29, 0.717) is 6.54 Å². The third kappa shape index (κ3) is 3.32. The number of hydrogen-bond donors (Lipinski definition) is 2. The second-order valence-electron chi connectivity index (χ2n) is 5.11. The zero-order valence-corrected chi connectivity index (χ0v) is 10.9. The standard InChI is InChI=1S/C13H22N4O/c1-17-8-7-10(16-17)9-15-13(18)11-5-3-2-4-6-12(11)14/h7-8,11-12H,2-6,9,14H2,1H3,(H,15,18). The van der Waals surface area contributed by atoms with Crippen LogP contribution >= 0.6 is 0 Å². The molecular weight excluding hydrogens is 228 g/mol. The Balaban J connectivity index is 1.86. The highest BCUT2D eigenvalue weighted by atomic mass is 16.1. The summed E-state index contributed by atoms with van der Waals surface area (Å²) >= 11 is 0. The lowest BCUT2D eigenvalue weighted by Gasteiger charge is -2.20. The second-order valence-corrected chi connectivity index (χ2v) is 5.11. The van der Waals surface area contributed by atoms with Crippen LogP contribution in [0.3, 0.4) is 0 Å². The first kappa shape index (κ1) is 13.1. The minimum atomic E-state index is -0.0313. The first-order valence-electron chi connectivity index (χ1n) is 6.68. The molecule has 0 radical (unpaired) electrons. The molecule has 100 valence electrons. The summed E-state index contributed by atoms with van der Waals surface area (Å²) in [6, 6.07) is 1.92. The molecule has 1 aromatic rings. The topological polar surface area (TPSA) is 72.9 Å². The van der Waals surface area contributed by atoms with Gasteiger partial charge in [0.25, 0.3) is 0 Å². The quantitative estimate of drug-likeness (QED) is 0.784. The van der Waals surface area contributed by atoms with Crippen molar-refractivity contribution in [2.24, 2.45) is 18.7 Å². The maximum Gasteiger partial charge on any atom is 0.224 e. The highest BCUT2D eigenvalue weighted by molar-refractivity contribution is 5.79. The number of nitrogens with zero attached hydrogens (tertiary/aromatic N) is 2. The van der Waals surface area contributed by atoms with Crippen LogP contribution in [0.2, 0.25) is 0 Å². The van der Waals surface area contributed by atoms with Crippen LogP contribution in [-0.4, -0.2) is 21.7 Å². The van der Waals surface area contributed by atoms with Crippen LogP contribution in [0.4, 0.5) is 0 Å². The second kappa shape index (κ2) is 6.00. The van der Waals surface area contributed by atoms with Gasteiger partial charge in [-0.15, -0.1) is 0 Å². The third-order valence-corrected chi connectivity index (χ3v) is 3.62. The van der Waals surface area contributed by atoms with E-state index >= 15 is 0 Å². The normalized spacial score (nSPS) is 24.6. The van der Waals surface area contributed by atoms with Crippen molar-refractivity contribution in [3.63, 3.8) is 0 Å². The Labute approximate surface area is 108 Å². The minimum absolute atomic E-state index is 0.0104. The van der Waals surface area contributed by atoms with Crippen molar-refractivity contribution in [2.45, 2.75) is 44.7 Å². The lowest BCUT2D eigenvalue weighted by atomic mass is 9.94. The summed E-state index contributed by atoms with van der Waals surface area (Å²) in [6.07, 6.45) is 7.19. The van der Waals surface area contributed by atoms with Gasteiger partial charge in [-0.1, -0.05) is 19.3 Å². The summed E-state index contributed by atoms with van der Waals surface area (Å²) in [5.41, 5.74) is 6.95. The van der Waals surface area contributed by atoms with Crippen molar-refractivity contribution in [1.29, 1.82) is 0 Å². The summed E-state index contributed by atoms with van der Waals surface area (Å²) in [7, 11) is 1.87. The number of nitrogens with two attached hydrogens (primary N) is 1. The Morgan fingerprint density at radius 3 is 3.00 bits per heavy atom. The van der Waals surface area contributed by atoms with Crippen LogP contribution in [0.1, 0.15) is 37.8 Å². The Hall–Kier alpha value is -1.36. The number of aromatic nitrogens is 2. The predicted octanol–water partition coefficient (Wildman–Crippen LogP) is 0.944. The monoisotopic (exact) mass is 250 g/mol. The number of hydrogen-bond acceptors (Lipinski definition) is 3. The zero-order chi connectivity index (χ0) is 13.0. The summed E-state index contributed by atoms with van der Waals surface area (Å²) < 4.78 is 1.73. The van der Waals surface area contributed by atoms with Gasteiger partial charge in [0.1, 0.15) is 0 Å². The van der Waals surface area contributed by atoms with E-state index in [1.807, 2.05) is 19.3 Å². The summed E-state index contributed by atoms with van der Waals surface area (Å²) in [5, 5.41) is 7.18. The molecular formula is C13H22N4O. The van der Waals surface area contributed by atoms with Gasteiger partial charge in [0, 0.05) is 19.3 Å². The highest BCUT2D eigenvalue weighted by Gasteiger charge is 2.26. The number of carbonyl (C=O) groups is 1. The smallest absolute Gasteiger partial charge is 0.224 e. The molecule has 5 heteroatoms. The number of carbonyl (C=O) groups excluding carboxylic acids is 1. The van der Waals surface area contributed by atoms with Crippen LogP contribution in [-0.2, 0) is 18.4 Å². The van der Waals surface area contributed by atoms with Gasteiger partial charge in [-0.3, -0.25) is 9.48 Å². The van der Waals surface area contributed by atoms with E-state index in [1.54, 1.807) is 4.68 Å². The average Bonchev–Trinajstić information content (AvgIpc) is 2.64. The molecule has 0 aliphatic heterocycles. The van der Waals surface area contributed by atoms with Crippen LogP contribution in [0.5, 0.6) is 0 Å². The van der Waals surface area contributed by atoms with E-state index in [4.69, 9.17) is 5.73 Å². The fourth-order valence-corrected chi connectivity index (χ4v) is 2.53. The Kier molecular flexibility index (Phi) is 4.36. The fourth-order valence-electron chi connectivity index (χ4n) is 2.53. The molecule has 2 unspecified atom stereocenters. The molecule has 1 saturated carbocycles. The van der Waals surface area contributed by atoms with Gasteiger partial charge in [0.2, 0.25) is 5.91 Å². The van der Waals surface area contributed by atoms with Gasteiger partial charge in [0.15, 0.2) is 0 Å². The first-order chi connectivity index (χ1) is 8.66. The van der Waals surface area contributed by atoms with Crippen molar-refractivity contribution in [1.82, 2.24) is 15.1 Å². The van der Waals surface area contributed by atoms with Gasteiger partial charge >= 0.3 is 0 Å². The molecule has 0 aromatic carbocycles. The number of rotatable bonds is 3. The Morgan fingerprint density at radius 2 is 2.28 bits per heavy atom. The molecule has 0 bridgehead atoms. The van der Waals surface area contributed by atoms with Crippen LogP contribution in [0, 0.1) is 5.92 Å². The van der Waals surface area contributed by atoms with E-state index in [0.717, 1.165) is 31.4 Å². The predicted molar refractivity (Wildman–Crippen MR) is 69.6 cm³/mol. The number of nitrogens with one attached hydrogen (secondary N) is 1. The Morgan fingerprint density at radius 1 is 1.50 bits per heavy atom. The number of amides is 1. The van der Waals surface area contributed by atoms with Crippen LogP contribution in [0.25, 0.3) is 0 Å². The number of aryl methyl sites for hydroxylation is 1. The van der Waals surface area contributed by atoms with E-state index in [1.165, 1.54) is 6.42 Å². The largest absolute Gasteiger partial charge is 0.350 e. The molecule has 2 atom stereocenters. The molecule has 1 aliphatic carbocycles.